The maximum absolute atomic E-state index is 13.2. The number of nitrogens with zero attached hydrogens (tertiary/aromatic N) is 1. The van der Waals surface area contributed by atoms with Gasteiger partial charge in [-0.1, -0.05) is 42.1 Å². The molecule has 0 atom stereocenters. The third kappa shape index (κ3) is 5.43. The summed E-state index contributed by atoms with van der Waals surface area (Å²) in [5.74, 6) is 0.562. The molecule has 0 unspecified atom stereocenters. The summed E-state index contributed by atoms with van der Waals surface area (Å²) in [7, 11) is 1.64. The molecule has 0 aliphatic heterocycles. The van der Waals surface area contributed by atoms with Crippen molar-refractivity contribution in [2.75, 3.05) is 26.0 Å². The lowest BCUT2D eigenvalue weighted by Crippen LogP contribution is -2.26. The molecule has 3 rings (SSSR count). The van der Waals surface area contributed by atoms with Crippen molar-refractivity contribution in [3.8, 4) is 22.6 Å². The first-order chi connectivity index (χ1) is 13.7. The number of ether oxygens (including phenoxy) is 1. The summed E-state index contributed by atoms with van der Waals surface area (Å²) in [5, 5.41) is 3.61. The maximum atomic E-state index is 13.2. The summed E-state index contributed by atoms with van der Waals surface area (Å²) in [4.78, 5) is 20.1. The van der Waals surface area contributed by atoms with E-state index in [1.807, 2.05) is 30.3 Å². The molecule has 2 N–H and O–H groups in total. The van der Waals surface area contributed by atoms with Gasteiger partial charge in [-0.25, -0.2) is 9.37 Å². The minimum atomic E-state index is -0.293. The van der Waals surface area contributed by atoms with E-state index in [1.54, 1.807) is 19.2 Å². The molecular formula is C21H22FN3O2S. The standard InChI is InChI=1S/C21H22FN3O2S/c1-27-13-5-12-23-18(26)14-28-21-19(15-6-3-2-4-7-15)24-20(25-21)16-8-10-17(22)11-9-16/h2-4,6-11H,5,12-14H2,1H3,(H,23,26)(H,24,25). The van der Waals surface area contributed by atoms with E-state index in [4.69, 9.17) is 4.74 Å². The fraction of sp³-hybridized carbons (Fsp3) is 0.238. The minimum absolute atomic E-state index is 0.0496. The van der Waals surface area contributed by atoms with Crippen molar-refractivity contribution in [1.82, 2.24) is 15.3 Å². The second-order valence-electron chi connectivity index (χ2n) is 6.12. The monoisotopic (exact) mass is 399 g/mol. The highest BCUT2D eigenvalue weighted by Gasteiger charge is 2.15. The molecule has 3 aromatic rings. The number of hydrogen-bond donors (Lipinski definition) is 2. The van der Waals surface area contributed by atoms with Crippen LogP contribution in [0.3, 0.4) is 0 Å². The van der Waals surface area contributed by atoms with Crippen LogP contribution in [0.25, 0.3) is 22.6 Å². The molecule has 146 valence electrons. The van der Waals surface area contributed by atoms with Gasteiger partial charge in [0, 0.05) is 31.4 Å². The van der Waals surface area contributed by atoms with Crippen molar-refractivity contribution < 1.29 is 13.9 Å². The molecule has 2 aromatic carbocycles. The SMILES string of the molecule is COCCCNC(=O)CSc1nc(-c2ccc(F)cc2)[nH]c1-c1ccccc1. The minimum Gasteiger partial charge on any atom is -0.385 e. The Labute approximate surface area is 167 Å². The average molecular weight is 399 g/mol. The lowest BCUT2D eigenvalue weighted by molar-refractivity contribution is -0.118. The number of carbonyl (C=O) groups is 1. The molecule has 1 amide bonds. The number of benzene rings is 2. The molecule has 0 radical (unpaired) electrons. The van der Waals surface area contributed by atoms with Crippen LogP contribution in [-0.2, 0) is 9.53 Å². The Morgan fingerprint density at radius 3 is 2.61 bits per heavy atom. The normalized spacial score (nSPS) is 10.8. The molecule has 0 spiro atoms. The molecule has 0 saturated heterocycles. The van der Waals surface area contributed by atoms with Crippen molar-refractivity contribution in [2.45, 2.75) is 11.4 Å². The van der Waals surface area contributed by atoms with Gasteiger partial charge in [-0.3, -0.25) is 4.79 Å². The first-order valence-electron chi connectivity index (χ1n) is 8.97. The number of halogens is 1. The van der Waals surface area contributed by atoms with E-state index in [1.165, 1.54) is 23.9 Å². The third-order valence-corrected chi connectivity index (χ3v) is 5.01. The lowest BCUT2D eigenvalue weighted by atomic mass is 10.2. The molecule has 0 aliphatic carbocycles. The lowest BCUT2D eigenvalue weighted by Gasteiger charge is -2.05. The van der Waals surface area contributed by atoms with Crippen molar-refractivity contribution in [2.24, 2.45) is 0 Å². The summed E-state index contributed by atoms with van der Waals surface area (Å²) >= 11 is 1.37. The van der Waals surface area contributed by atoms with Gasteiger partial charge in [0.2, 0.25) is 5.91 Å². The van der Waals surface area contributed by atoms with Gasteiger partial charge in [-0.15, -0.1) is 0 Å². The first-order valence-corrected chi connectivity index (χ1v) is 9.95. The Hall–Kier alpha value is -2.64. The van der Waals surface area contributed by atoms with Crippen molar-refractivity contribution in [3.63, 3.8) is 0 Å². The highest BCUT2D eigenvalue weighted by molar-refractivity contribution is 8.00. The molecule has 0 bridgehead atoms. The van der Waals surface area contributed by atoms with Crippen molar-refractivity contribution in [3.05, 3.63) is 60.4 Å². The van der Waals surface area contributed by atoms with Crippen LogP contribution in [0, 0.1) is 5.82 Å². The fourth-order valence-electron chi connectivity index (χ4n) is 2.64. The van der Waals surface area contributed by atoms with Gasteiger partial charge in [-0.2, -0.15) is 0 Å². The summed E-state index contributed by atoms with van der Waals surface area (Å²) in [6.07, 6.45) is 0.777. The van der Waals surface area contributed by atoms with Crippen LogP contribution in [0.4, 0.5) is 4.39 Å². The Morgan fingerprint density at radius 2 is 1.89 bits per heavy atom. The van der Waals surface area contributed by atoms with E-state index in [0.29, 0.717) is 19.0 Å². The molecule has 5 nitrogen and oxygen atoms in total. The van der Waals surface area contributed by atoms with Crippen molar-refractivity contribution >= 4 is 17.7 Å². The van der Waals surface area contributed by atoms with Crippen LogP contribution >= 0.6 is 11.8 Å². The van der Waals surface area contributed by atoms with Crippen molar-refractivity contribution in [1.29, 1.82) is 0 Å². The highest BCUT2D eigenvalue weighted by Crippen LogP contribution is 2.32. The summed E-state index contributed by atoms with van der Waals surface area (Å²) in [6, 6.07) is 16.0. The van der Waals surface area contributed by atoms with E-state index in [-0.39, 0.29) is 17.5 Å². The number of nitrogens with one attached hydrogen (secondary N) is 2. The smallest absolute Gasteiger partial charge is 0.230 e. The Bertz CT molecular complexity index is 898. The molecular weight excluding hydrogens is 377 g/mol. The number of amides is 1. The number of methoxy groups -OCH3 is 1. The number of aromatic nitrogens is 2. The number of imidazole rings is 1. The van der Waals surface area contributed by atoms with Gasteiger partial charge in [-0.05, 0) is 30.7 Å². The van der Waals surface area contributed by atoms with E-state index in [2.05, 4.69) is 15.3 Å². The van der Waals surface area contributed by atoms with Crippen LogP contribution in [0.2, 0.25) is 0 Å². The van der Waals surface area contributed by atoms with Gasteiger partial charge >= 0.3 is 0 Å². The number of hydrogen-bond acceptors (Lipinski definition) is 4. The zero-order valence-corrected chi connectivity index (χ0v) is 16.4. The maximum Gasteiger partial charge on any atom is 0.230 e. The average Bonchev–Trinajstić information content (AvgIpc) is 3.15. The number of H-pyrrole nitrogens is 1. The van der Waals surface area contributed by atoms with Crippen LogP contribution in [0.15, 0.2) is 59.6 Å². The van der Waals surface area contributed by atoms with Gasteiger partial charge < -0.3 is 15.0 Å². The predicted octanol–water partition coefficient (Wildman–Crippen LogP) is 4.13. The third-order valence-electron chi connectivity index (χ3n) is 4.04. The van der Waals surface area contributed by atoms with Crippen LogP contribution in [0.1, 0.15) is 6.42 Å². The van der Waals surface area contributed by atoms with Crippen LogP contribution in [0.5, 0.6) is 0 Å². The number of rotatable bonds is 9. The zero-order valence-electron chi connectivity index (χ0n) is 15.6. The number of thioether (sulfide) groups is 1. The van der Waals surface area contributed by atoms with Crippen LogP contribution in [-0.4, -0.2) is 41.9 Å². The molecule has 0 fully saturated rings. The van der Waals surface area contributed by atoms with Gasteiger partial charge in [0.1, 0.15) is 16.7 Å². The second kappa shape index (κ2) is 10.1. The largest absolute Gasteiger partial charge is 0.385 e. The molecule has 0 aliphatic rings. The quantitative estimate of drug-likeness (QED) is 0.419. The Morgan fingerprint density at radius 1 is 1.14 bits per heavy atom. The molecule has 28 heavy (non-hydrogen) atoms. The van der Waals surface area contributed by atoms with E-state index >= 15 is 0 Å². The van der Waals surface area contributed by atoms with Crippen LogP contribution < -0.4 is 5.32 Å². The Balaban J connectivity index is 1.76. The van der Waals surface area contributed by atoms with Gasteiger partial charge in [0.05, 0.1) is 11.4 Å². The molecule has 0 saturated carbocycles. The highest BCUT2D eigenvalue weighted by atomic mass is 32.2. The molecule has 7 heteroatoms. The fourth-order valence-corrected chi connectivity index (χ4v) is 3.47. The summed E-state index contributed by atoms with van der Waals surface area (Å²) in [6.45, 7) is 1.20. The van der Waals surface area contributed by atoms with E-state index in [0.717, 1.165) is 28.3 Å². The second-order valence-corrected chi connectivity index (χ2v) is 7.09. The topological polar surface area (TPSA) is 67.0 Å². The van der Waals surface area contributed by atoms with E-state index in [9.17, 15) is 9.18 Å². The zero-order chi connectivity index (χ0) is 19.8. The molecule has 1 aromatic heterocycles. The summed E-state index contributed by atoms with van der Waals surface area (Å²) in [5.41, 5.74) is 2.61. The number of aromatic amines is 1. The predicted molar refractivity (Wildman–Crippen MR) is 110 cm³/mol. The first kappa shape index (κ1) is 20.1. The molecule has 1 heterocycles. The van der Waals surface area contributed by atoms with Gasteiger partial charge in [0.15, 0.2) is 0 Å². The Kier molecular flexibility index (Phi) is 7.22. The van der Waals surface area contributed by atoms with Gasteiger partial charge in [0.25, 0.3) is 0 Å². The number of carbonyl (C=O) groups excluding carboxylic acids is 1. The van der Waals surface area contributed by atoms with E-state index < -0.39 is 0 Å². The summed E-state index contributed by atoms with van der Waals surface area (Å²) < 4.78 is 18.2.